The number of nitrogens with one attached hydrogen (secondary N) is 1. The van der Waals surface area contributed by atoms with Gasteiger partial charge in [-0.1, -0.05) is 6.08 Å². The van der Waals surface area contributed by atoms with E-state index in [1.807, 2.05) is 0 Å². The van der Waals surface area contributed by atoms with Crippen molar-refractivity contribution in [1.29, 1.82) is 0 Å². The molecule has 0 aromatic heterocycles. The first-order chi connectivity index (χ1) is 12.0. The lowest BCUT2D eigenvalue weighted by molar-refractivity contribution is -0.138. The van der Waals surface area contributed by atoms with Crippen LogP contribution in [0.5, 0.6) is 17.2 Å². The standard InChI is InChI=1S/C17H20BrNO6/c1-22-13-9-12-15(23-2)10(16(13)24-3)7-8-25-17(21)11(18)5-4-6-14(20)19-12/h5,9H,4,6-8H2,1-3H3,(H,19,20)/b11-5+. The fourth-order valence-corrected chi connectivity index (χ4v) is 2.89. The SMILES string of the molecule is COc1cc2c(OC)c(c1OC)CCOC(=O)/C(Br)=C\CCC(=O)N2. The topological polar surface area (TPSA) is 83.1 Å². The number of fused-ring (bicyclic) bond motifs is 2. The van der Waals surface area contributed by atoms with E-state index in [9.17, 15) is 9.59 Å². The van der Waals surface area contributed by atoms with Crippen molar-refractivity contribution in [2.45, 2.75) is 19.3 Å². The van der Waals surface area contributed by atoms with Crippen molar-refractivity contribution < 1.29 is 28.5 Å². The maximum absolute atomic E-state index is 12.2. The fraction of sp³-hybridized carbons (Fsp3) is 0.412. The van der Waals surface area contributed by atoms with Crippen LogP contribution in [0.4, 0.5) is 5.69 Å². The van der Waals surface area contributed by atoms with Crippen LogP contribution < -0.4 is 19.5 Å². The molecule has 0 fully saturated rings. The Bertz CT molecular complexity index is 701. The molecule has 0 saturated heterocycles. The van der Waals surface area contributed by atoms with Gasteiger partial charge in [-0.15, -0.1) is 0 Å². The second kappa shape index (κ2) is 8.75. The Balaban J connectivity index is 2.52. The molecule has 0 saturated carbocycles. The highest BCUT2D eigenvalue weighted by Gasteiger charge is 2.22. The second-order valence-electron chi connectivity index (χ2n) is 5.20. The quantitative estimate of drug-likeness (QED) is 0.767. The Morgan fingerprint density at radius 2 is 1.80 bits per heavy atom. The molecule has 0 spiro atoms. The minimum absolute atomic E-state index is 0.120. The summed E-state index contributed by atoms with van der Waals surface area (Å²) in [4.78, 5) is 24.1. The van der Waals surface area contributed by atoms with Gasteiger partial charge in [-0.25, -0.2) is 4.79 Å². The molecule has 1 aliphatic rings. The summed E-state index contributed by atoms with van der Waals surface area (Å²) in [6.07, 6.45) is 2.55. The van der Waals surface area contributed by atoms with Gasteiger partial charge < -0.3 is 24.3 Å². The maximum Gasteiger partial charge on any atom is 0.344 e. The van der Waals surface area contributed by atoms with E-state index in [0.29, 0.717) is 45.8 Å². The Hall–Kier alpha value is -2.22. The lowest BCUT2D eigenvalue weighted by Crippen LogP contribution is -2.13. The van der Waals surface area contributed by atoms with Crippen LogP contribution in [0.2, 0.25) is 0 Å². The number of allylic oxidation sites excluding steroid dienone is 1. The predicted octanol–water partition coefficient (Wildman–Crippen LogP) is 2.81. The zero-order valence-electron chi connectivity index (χ0n) is 14.3. The van der Waals surface area contributed by atoms with E-state index in [-0.39, 0.29) is 18.9 Å². The highest BCUT2D eigenvalue weighted by molar-refractivity contribution is 9.12. The molecule has 1 heterocycles. The van der Waals surface area contributed by atoms with E-state index in [1.165, 1.54) is 21.3 Å². The van der Waals surface area contributed by atoms with Crippen molar-refractivity contribution >= 4 is 33.5 Å². The molecule has 0 atom stereocenters. The molecule has 136 valence electrons. The number of carbonyl (C=O) groups excluding carboxylic acids is 2. The normalized spacial score (nSPS) is 17.7. The summed E-state index contributed by atoms with van der Waals surface area (Å²) in [7, 11) is 4.52. The zero-order chi connectivity index (χ0) is 18.4. The minimum atomic E-state index is -0.485. The Morgan fingerprint density at radius 3 is 2.44 bits per heavy atom. The molecule has 1 aromatic rings. The maximum atomic E-state index is 12.2. The third-order valence-electron chi connectivity index (χ3n) is 3.67. The van der Waals surface area contributed by atoms with Gasteiger partial charge in [0, 0.05) is 24.5 Å². The van der Waals surface area contributed by atoms with Crippen molar-refractivity contribution in [3.63, 3.8) is 0 Å². The van der Waals surface area contributed by atoms with Crippen LogP contribution in [0.15, 0.2) is 16.6 Å². The van der Waals surface area contributed by atoms with Gasteiger partial charge in [-0.2, -0.15) is 0 Å². The number of benzene rings is 1. The molecular weight excluding hydrogens is 394 g/mol. The van der Waals surface area contributed by atoms with Gasteiger partial charge in [-0.05, 0) is 22.4 Å². The van der Waals surface area contributed by atoms with Crippen LogP contribution >= 0.6 is 15.9 Å². The molecule has 0 aliphatic carbocycles. The number of hydrogen-bond donors (Lipinski definition) is 1. The summed E-state index contributed by atoms with van der Waals surface area (Å²) < 4.78 is 21.8. The number of halogens is 1. The van der Waals surface area contributed by atoms with Crippen LogP contribution in [0.25, 0.3) is 0 Å². The second-order valence-corrected chi connectivity index (χ2v) is 6.05. The predicted molar refractivity (Wildman–Crippen MR) is 95.6 cm³/mol. The van der Waals surface area contributed by atoms with E-state index < -0.39 is 5.97 Å². The highest BCUT2D eigenvalue weighted by Crippen LogP contribution is 2.43. The number of amides is 1. The molecule has 1 aromatic carbocycles. The number of anilines is 1. The molecule has 1 amide bonds. The largest absolute Gasteiger partial charge is 0.494 e. The summed E-state index contributed by atoms with van der Waals surface area (Å²) in [6, 6.07) is 1.65. The lowest BCUT2D eigenvalue weighted by atomic mass is 10.1. The minimum Gasteiger partial charge on any atom is -0.494 e. The van der Waals surface area contributed by atoms with Crippen molar-refractivity contribution in [3.05, 3.63) is 22.2 Å². The molecule has 2 rings (SSSR count). The Labute approximate surface area is 154 Å². The number of hydrogen-bond acceptors (Lipinski definition) is 6. The molecule has 0 radical (unpaired) electrons. The molecule has 25 heavy (non-hydrogen) atoms. The molecular formula is C17H20BrNO6. The van der Waals surface area contributed by atoms with E-state index in [1.54, 1.807) is 12.1 Å². The first kappa shape index (κ1) is 19.1. The average molecular weight is 414 g/mol. The lowest BCUT2D eigenvalue weighted by Gasteiger charge is -2.20. The number of carbonyl (C=O) groups is 2. The third kappa shape index (κ3) is 4.45. The van der Waals surface area contributed by atoms with Gasteiger partial charge in [-0.3, -0.25) is 4.79 Å². The molecule has 0 unspecified atom stereocenters. The van der Waals surface area contributed by atoms with E-state index in [2.05, 4.69) is 21.2 Å². The summed E-state index contributed by atoms with van der Waals surface area (Å²) in [5, 5.41) is 2.82. The van der Waals surface area contributed by atoms with Gasteiger partial charge in [0.15, 0.2) is 11.5 Å². The number of rotatable bonds is 3. The van der Waals surface area contributed by atoms with Crippen molar-refractivity contribution in [1.82, 2.24) is 0 Å². The van der Waals surface area contributed by atoms with Crippen molar-refractivity contribution in [2.75, 3.05) is 33.3 Å². The fourth-order valence-electron chi connectivity index (χ4n) is 2.55. The highest BCUT2D eigenvalue weighted by atomic mass is 79.9. The van der Waals surface area contributed by atoms with Crippen LogP contribution in [0.3, 0.4) is 0 Å². The molecule has 1 aliphatic heterocycles. The van der Waals surface area contributed by atoms with Gasteiger partial charge in [0.2, 0.25) is 5.91 Å². The van der Waals surface area contributed by atoms with Gasteiger partial charge in [0.05, 0.1) is 38.1 Å². The Morgan fingerprint density at radius 1 is 1.08 bits per heavy atom. The molecule has 7 nitrogen and oxygen atoms in total. The monoisotopic (exact) mass is 413 g/mol. The van der Waals surface area contributed by atoms with Crippen molar-refractivity contribution in [3.8, 4) is 17.2 Å². The summed E-state index contributed by atoms with van der Waals surface area (Å²) >= 11 is 3.16. The molecule has 2 bridgehead atoms. The van der Waals surface area contributed by atoms with Crippen molar-refractivity contribution in [2.24, 2.45) is 0 Å². The van der Waals surface area contributed by atoms with Crippen LogP contribution in [0, 0.1) is 0 Å². The first-order valence-corrected chi connectivity index (χ1v) is 8.45. The van der Waals surface area contributed by atoms with E-state index >= 15 is 0 Å². The molecule has 8 heteroatoms. The van der Waals surface area contributed by atoms with Crippen LogP contribution in [-0.4, -0.2) is 39.8 Å². The number of ether oxygens (including phenoxy) is 4. The number of cyclic esters (lactones) is 1. The smallest absolute Gasteiger partial charge is 0.344 e. The summed E-state index contributed by atoms with van der Waals surface area (Å²) in [5.74, 6) is 0.682. The Kier molecular flexibility index (Phi) is 6.69. The van der Waals surface area contributed by atoms with Gasteiger partial charge >= 0.3 is 5.97 Å². The number of esters is 1. The summed E-state index contributed by atoms with van der Waals surface area (Å²) in [6.45, 7) is 0.120. The van der Waals surface area contributed by atoms with Crippen LogP contribution in [-0.2, 0) is 20.7 Å². The van der Waals surface area contributed by atoms with Gasteiger partial charge in [0.25, 0.3) is 0 Å². The van der Waals surface area contributed by atoms with Crippen LogP contribution in [0.1, 0.15) is 18.4 Å². The molecule has 1 N–H and O–H groups in total. The third-order valence-corrected chi connectivity index (χ3v) is 4.32. The van der Waals surface area contributed by atoms with E-state index in [4.69, 9.17) is 18.9 Å². The van der Waals surface area contributed by atoms with Gasteiger partial charge in [0.1, 0.15) is 5.75 Å². The van der Waals surface area contributed by atoms with E-state index in [0.717, 1.165) is 0 Å². The first-order valence-electron chi connectivity index (χ1n) is 7.66. The summed E-state index contributed by atoms with van der Waals surface area (Å²) in [5.41, 5.74) is 1.13. The number of methoxy groups -OCH3 is 3. The average Bonchev–Trinajstić information content (AvgIpc) is 2.60. The zero-order valence-corrected chi connectivity index (χ0v) is 15.9.